The van der Waals surface area contributed by atoms with E-state index >= 15 is 0 Å². The number of carbonyl (C=O) groups excluding carboxylic acids is 1. The second kappa shape index (κ2) is 6.91. The van der Waals surface area contributed by atoms with Gasteiger partial charge in [-0.3, -0.25) is 4.79 Å². The molecule has 2 rings (SSSR count). The van der Waals surface area contributed by atoms with E-state index in [1.54, 1.807) is 23.6 Å². The lowest BCUT2D eigenvalue weighted by molar-refractivity contribution is -0.139. The van der Waals surface area contributed by atoms with Crippen LogP contribution in [-0.2, 0) is 11.3 Å². The summed E-state index contributed by atoms with van der Waals surface area (Å²) in [5, 5.41) is 13.7. The minimum Gasteiger partial charge on any atom is -0.479 e. The number of carboxylic acids is 1. The third-order valence-electron chi connectivity index (χ3n) is 2.91. The van der Waals surface area contributed by atoms with E-state index in [0.29, 0.717) is 17.1 Å². The van der Waals surface area contributed by atoms with Crippen LogP contribution in [0.2, 0.25) is 0 Å². The van der Waals surface area contributed by atoms with Crippen molar-refractivity contribution >= 4 is 39.1 Å². The molecule has 0 aliphatic carbocycles. The topological polar surface area (TPSA) is 71.3 Å². The van der Waals surface area contributed by atoms with Crippen LogP contribution in [0.4, 0.5) is 0 Å². The van der Waals surface area contributed by atoms with Crippen LogP contribution in [0.15, 0.2) is 34.2 Å². The first-order valence-electron chi connectivity index (χ1n) is 6.45. The second-order valence-electron chi connectivity index (χ2n) is 4.50. The largest absolute Gasteiger partial charge is 0.479 e. The minimum atomic E-state index is -1.07. The zero-order valence-electron chi connectivity index (χ0n) is 11.4. The molecule has 0 saturated carbocycles. The average Bonchev–Trinajstić information content (AvgIpc) is 3.05. The lowest BCUT2D eigenvalue weighted by Crippen LogP contribution is -2.34. The Balaban J connectivity index is 2.22. The number of halogens is 1. The summed E-state index contributed by atoms with van der Waals surface area (Å²) in [6.07, 6.45) is 2.70. The molecule has 0 aliphatic rings. The number of hydrogen-bond donors (Lipinski definition) is 2. The number of aryl methyl sites for hydroxylation is 1. The predicted octanol–water partition coefficient (Wildman–Crippen LogP) is 3.28. The first-order chi connectivity index (χ1) is 10.0. The Bertz CT molecular complexity index is 637. The number of rotatable bonds is 6. The van der Waals surface area contributed by atoms with Gasteiger partial charge in [-0.15, -0.1) is 11.3 Å². The van der Waals surface area contributed by atoms with Gasteiger partial charge >= 0.3 is 5.97 Å². The van der Waals surface area contributed by atoms with Crippen LogP contribution < -0.4 is 5.32 Å². The number of aliphatic carboxylic acids is 1. The van der Waals surface area contributed by atoms with Crippen LogP contribution in [0.1, 0.15) is 34.8 Å². The standard InChI is InChI=1S/C14H15BrN2O3S/c1-2-5-17-8-9(15)7-10(17)13(18)16-12(14(19)20)11-4-3-6-21-11/h3-4,6-8,12H,2,5H2,1H3,(H,16,18)(H,19,20). The van der Waals surface area contributed by atoms with Gasteiger partial charge in [0.1, 0.15) is 5.69 Å². The maximum atomic E-state index is 12.4. The number of carbonyl (C=O) groups is 2. The zero-order valence-corrected chi connectivity index (χ0v) is 13.8. The van der Waals surface area contributed by atoms with Gasteiger partial charge in [-0.1, -0.05) is 13.0 Å². The van der Waals surface area contributed by atoms with E-state index < -0.39 is 17.9 Å². The minimum absolute atomic E-state index is 0.394. The van der Waals surface area contributed by atoms with Gasteiger partial charge in [-0.25, -0.2) is 4.79 Å². The van der Waals surface area contributed by atoms with Crippen LogP contribution >= 0.6 is 27.3 Å². The molecule has 0 fully saturated rings. The molecule has 112 valence electrons. The lowest BCUT2D eigenvalue weighted by atomic mass is 10.2. The summed E-state index contributed by atoms with van der Waals surface area (Å²) >= 11 is 4.64. The average molecular weight is 371 g/mol. The van der Waals surface area contributed by atoms with Gasteiger partial charge in [0.2, 0.25) is 0 Å². The molecule has 0 aromatic carbocycles. The number of aromatic nitrogens is 1. The third kappa shape index (κ3) is 3.74. The van der Waals surface area contributed by atoms with E-state index in [2.05, 4.69) is 21.2 Å². The van der Waals surface area contributed by atoms with E-state index in [1.807, 2.05) is 17.7 Å². The molecule has 0 spiro atoms. The number of nitrogens with one attached hydrogen (secondary N) is 1. The molecule has 21 heavy (non-hydrogen) atoms. The normalized spacial score (nSPS) is 12.1. The molecule has 2 aromatic rings. The van der Waals surface area contributed by atoms with Gasteiger partial charge < -0.3 is 15.0 Å². The van der Waals surface area contributed by atoms with Crippen LogP contribution in [-0.4, -0.2) is 21.6 Å². The molecule has 2 aromatic heterocycles. The van der Waals surface area contributed by atoms with Crippen molar-refractivity contribution in [3.8, 4) is 0 Å². The van der Waals surface area contributed by atoms with E-state index in [9.17, 15) is 14.7 Å². The van der Waals surface area contributed by atoms with Crippen molar-refractivity contribution in [2.45, 2.75) is 25.9 Å². The third-order valence-corrected chi connectivity index (χ3v) is 4.28. The Labute approximate surface area is 134 Å². The second-order valence-corrected chi connectivity index (χ2v) is 6.39. The van der Waals surface area contributed by atoms with Crippen LogP contribution in [0.5, 0.6) is 0 Å². The zero-order chi connectivity index (χ0) is 15.4. The van der Waals surface area contributed by atoms with Crippen molar-refractivity contribution < 1.29 is 14.7 Å². The van der Waals surface area contributed by atoms with E-state index in [1.165, 1.54) is 11.3 Å². The SMILES string of the molecule is CCCn1cc(Br)cc1C(=O)NC(C(=O)O)c1cccs1. The Morgan fingerprint density at radius 1 is 1.52 bits per heavy atom. The van der Waals surface area contributed by atoms with E-state index in [-0.39, 0.29) is 0 Å². The molecule has 2 heterocycles. The molecule has 1 unspecified atom stereocenters. The molecule has 0 saturated heterocycles. The maximum absolute atomic E-state index is 12.4. The summed E-state index contributed by atoms with van der Waals surface area (Å²) in [5.41, 5.74) is 0.450. The first-order valence-corrected chi connectivity index (χ1v) is 8.13. The Hall–Kier alpha value is -1.60. The van der Waals surface area contributed by atoms with Gasteiger partial charge in [0.05, 0.1) is 0 Å². The summed E-state index contributed by atoms with van der Waals surface area (Å²) in [6.45, 7) is 2.71. The van der Waals surface area contributed by atoms with Gasteiger partial charge in [0.25, 0.3) is 5.91 Å². The lowest BCUT2D eigenvalue weighted by Gasteiger charge is -2.14. The monoisotopic (exact) mass is 370 g/mol. The Kier molecular flexibility index (Phi) is 5.19. The number of nitrogens with zero attached hydrogens (tertiary/aromatic N) is 1. The highest BCUT2D eigenvalue weighted by molar-refractivity contribution is 9.10. The fraction of sp³-hybridized carbons (Fsp3) is 0.286. The van der Waals surface area contributed by atoms with Crippen LogP contribution in [0.25, 0.3) is 0 Å². The molecule has 2 N–H and O–H groups in total. The summed E-state index contributed by atoms with van der Waals surface area (Å²) in [6, 6.07) is 4.13. The van der Waals surface area contributed by atoms with Crippen molar-refractivity contribution in [3.05, 3.63) is 44.8 Å². The Morgan fingerprint density at radius 2 is 2.29 bits per heavy atom. The maximum Gasteiger partial charge on any atom is 0.331 e. The Morgan fingerprint density at radius 3 is 2.86 bits per heavy atom. The number of hydrogen-bond acceptors (Lipinski definition) is 3. The highest BCUT2D eigenvalue weighted by Crippen LogP contribution is 2.21. The number of amides is 1. The molecule has 0 bridgehead atoms. The first kappa shape index (κ1) is 15.8. The van der Waals surface area contributed by atoms with Crippen molar-refractivity contribution in [1.29, 1.82) is 0 Å². The molecule has 5 nitrogen and oxygen atoms in total. The van der Waals surface area contributed by atoms with Crippen LogP contribution in [0, 0.1) is 0 Å². The summed E-state index contributed by atoms with van der Waals surface area (Å²) in [5.74, 6) is -1.46. The molecule has 0 aliphatic heterocycles. The highest BCUT2D eigenvalue weighted by atomic mass is 79.9. The predicted molar refractivity (Wildman–Crippen MR) is 84.6 cm³/mol. The van der Waals surface area contributed by atoms with Crippen molar-refractivity contribution in [1.82, 2.24) is 9.88 Å². The van der Waals surface area contributed by atoms with Gasteiger partial charge in [-0.05, 0) is 39.9 Å². The molecule has 0 radical (unpaired) electrons. The van der Waals surface area contributed by atoms with E-state index in [4.69, 9.17) is 0 Å². The number of thiophene rings is 1. The van der Waals surface area contributed by atoms with Crippen molar-refractivity contribution in [2.75, 3.05) is 0 Å². The van der Waals surface area contributed by atoms with Crippen molar-refractivity contribution in [3.63, 3.8) is 0 Å². The molecule has 1 atom stereocenters. The van der Waals surface area contributed by atoms with E-state index in [0.717, 1.165) is 10.9 Å². The van der Waals surface area contributed by atoms with Gasteiger partial charge in [0, 0.05) is 22.1 Å². The van der Waals surface area contributed by atoms with Crippen LogP contribution in [0.3, 0.4) is 0 Å². The fourth-order valence-electron chi connectivity index (χ4n) is 2.01. The van der Waals surface area contributed by atoms with Gasteiger partial charge in [-0.2, -0.15) is 0 Å². The molecule has 7 heteroatoms. The van der Waals surface area contributed by atoms with Gasteiger partial charge in [0.15, 0.2) is 6.04 Å². The molecular weight excluding hydrogens is 356 g/mol. The molecule has 1 amide bonds. The summed E-state index contributed by atoms with van der Waals surface area (Å²) < 4.78 is 2.61. The molecular formula is C14H15BrN2O3S. The van der Waals surface area contributed by atoms with Crippen molar-refractivity contribution in [2.24, 2.45) is 0 Å². The summed E-state index contributed by atoms with van der Waals surface area (Å²) in [4.78, 5) is 24.3. The highest BCUT2D eigenvalue weighted by Gasteiger charge is 2.25. The number of carboxylic acid groups (broad SMARTS) is 1. The smallest absolute Gasteiger partial charge is 0.331 e. The quantitative estimate of drug-likeness (QED) is 0.819. The fourth-order valence-corrected chi connectivity index (χ4v) is 3.24. The summed E-state index contributed by atoms with van der Waals surface area (Å²) in [7, 11) is 0.